The maximum Gasteiger partial charge on any atom is 0.509 e. The van der Waals surface area contributed by atoms with Gasteiger partial charge in [-0.1, -0.05) is 54.0 Å². The lowest BCUT2D eigenvalue weighted by Crippen LogP contribution is -2.24. The van der Waals surface area contributed by atoms with E-state index >= 15 is 0 Å². The van der Waals surface area contributed by atoms with Gasteiger partial charge in [0.25, 0.3) is 0 Å². The number of carbonyl (C=O) groups is 2. The van der Waals surface area contributed by atoms with Gasteiger partial charge in [0.1, 0.15) is 0 Å². The smallest absolute Gasteiger partial charge is 0.435 e. The van der Waals surface area contributed by atoms with E-state index in [4.69, 9.17) is 9.47 Å². The van der Waals surface area contributed by atoms with Crippen LogP contribution in [0.3, 0.4) is 0 Å². The fourth-order valence-electron chi connectivity index (χ4n) is 1.96. The minimum absolute atomic E-state index is 0.0307. The van der Waals surface area contributed by atoms with Gasteiger partial charge in [0.05, 0.1) is 26.3 Å². The minimum Gasteiger partial charge on any atom is -0.435 e. The molecule has 1 rings (SSSR count). The maximum atomic E-state index is 11.1. The Hall–Kier alpha value is -3.16. The average Bonchev–Trinajstić information content (AvgIpc) is 2.68. The number of rotatable bonds is 8. The molecular formula is C21H25NO6. The fourth-order valence-corrected chi connectivity index (χ4v) is 1.96. The first-order chi connectivity index (χ1) is 13.7. The maximum absolute atomic E-state index is 11.1. The molecule has 7 heteroatoms. The third kappa shape index (κ3) is 11.5. The summed E-state index contributed by atoms with van der Waals surface area (Å²) in [5.74, 6) is 11.4. The Bertz CT molecular complexity index is 669. The van der Waals surface area contributed by atoms with Gasteiger partial charge >= 0.3 is 12.3 Å². The SMILES string of the molecule is CCOC(=O)OCC#CCN(CC#CCOC(=O)OCC)Cc1ccccc1. The van der Waals surface area contributed by atoms with Crippen molar-refractivity contribution in [1.29, 1.82) is 0 Å². The standard InChI is InChI=1S/C21H25NO6/c1-3-25-20(23)27-16-10-8-14-22(18-19-12-6-5-7-13-19)15-9-11-17-28-21(24)26-4-2/h5-7,12-13H,3-4,14-18H2,1-2H3. The summed E-state index contributed by atoms with van der Waals surface area (Å²) in [6.07, 6.45) is -1.46. The van der Waals surface area contributed by atoms with E-state index in [0.717, 1.165) is 5.56 Å². The molecule has 1 aromatic rings. The van der Waals surface area contributed by atoms with Crippen LogP contribution in [0.1, 0.15) is 19.4 Å². The van der Waals surface area contributed by atoms with Crippen LogP contribution in [0.4, 0.5) is 9.59 Å². The molecule has 0 heterocycles. The molecule has 0 bridgehead atoms. The zero-order valence-corrected chi connectivity index (χ0v) is 16.2. The Labute approximate surface area is 165 Å². The van der Waals surface area contributed by atoms with Crippen LogP contribution in [0.15, 0.2) is 30.3 Å². The third-order valence-electron chi connectivity index (χ3n) is 3.15. The highest BCUT2D eigenvalue weighted by Gasteiger charge is 2.03. The van der Waals surface area contributed by atoms with Gasteiger partial charge in [0.2, 0.25) is 0 Å². The largest absolute Gasteiger partial charge is 0.509 e. The van der Waals surface area contributed by atoms with Gasteiger partial charge in [0.15, 0.2) is 13.2 Å². The zero-order chi connectivity index (χ0) is 20.5. The zero-order valence-electron chi connectivity index (χ0n) is 16.2. The lowest BCUT2D eigenvalue weighted by Gasteiger charge is -2.16. The summed E-state index contributed by atoms with van der Waals surface area (Å²) in [5, 5.41) is 0. The molecule has 0 radical (unpaired) electrons. The highest BCUT2D eigenvalue weighted by molar-refractivity contribution is 5.60. The van der Waals surface area contributed by atoms with Crippen molar-refractivity contribution in [3.8, 4) is 23.7 Å². The first-order valence-corrected chi connectivity index (χ1v) is 8.92. The number of benzene rings is 1. The monoisotopic (exact) mass is 387 g/mol. The summed E-state index contributed by atoms with van der Waals surface area (Å²) in [5.41, 5.74) is 1.12. The van der Waals surface area contributed by atoms with Gasteiger partial charge in [-0.3, -0.25) is 4.90 Å². The summed E-state index contributed by atoms with van der Waals surface area (Å²) in [6.45, 7) is 5.39. The summed E-state index contributed by atoms with van der Waals surface area (Å²) in [6, 6.07) is 9.91. The molecule has 0 spiro atoms. The van der Waals surface area contributed by atoms with Gasteiger partial charge in [-0.05, 0) is 19.4 Å². The number of nitrogens with zero attached hydrogens (tertiary/aromatic N) is 1. The molecule has 0 N–H and O–H groups in total. The Morgan fingerprint density at radius 2 is 1.29 bits per heavy atom. The molecule has 0 saturated heterocycles. The second kappa shape index (κ2) is 15.0. The van der Waals surface area contributed by atoms with E-state index in [1.807, 2.05) is 35.2 Å². The molecule has 0 aliphatic carbocycles. The van der Waals surface area contributed by atoms with Gasteiger partial charge in [-0.2, -0.15) is 0 Å². The fraction of sp³-hybridized carbons (Fsp3) is 0.429. The highest BCUT2D eigenvalue weighted by Crippen LogP contribution is 2.03. The van der Waals surface area contributed by atoms with Crippen molar-refractivity contribution in [2.24, 2.45) is 0 Å². The van der Waals surface area contributed by atoms with Crippen molar-refractivity contribution in [3.05, 3.63) is 35.9 Å². The van der Waals surface area contributed by atoms with Crippen molar-refractivity contribution in [2.75, 3.05) is 39.5 Å². The number of hydrogen-bond acceptors (Lipinski definition) is 7. The van der Waals surface area contributed by atoms with Gasteiger partial charge in [-0.15, -0.1) is 0 Å². The molecule has 0 aliphatic heterocycles. The van der Waals surface area contributed by atoms with Crippen LogP contribution in [0.25, 0.3) is 0 Å². The van der Waals surface area contributed by atoms with Crippen LogP contribution in [0.5, 0.6) is 0 Å². The van der Waals surface area contributed by atoms with Gasteiger partial charge < -0.3 is 18.9 Å². The van der Waals surface area contributed by atoms with E-state index in [0.29, 0.717) is 19.6 Å². The molecule has 0 saturated carbocycles. The van der Waals surface area contributed by atoms with E-state index in [1.165, 1.54) is 0 Å². The molecule has 0 fully saturated rings. The predicted molar refractivity (Wildman–Crippen MR) is 103 cm³/mol. The van der Waals surface area contributed by atoms with Crippen molar-refractivity contribution >= 4 is 12.3 Å². The highest BCUT2D eigenvalue weighted by atomic mass is 16.7. The van der Waals surface area contributed by atoms with Crippen LogP contribution in [0.2, 0.25) is 0 Å². The first-order valence-electron chi connectivity index (χ1n) is 8.92. The average molecular weight is 387 g/mol. The molecule has 7 nitrogen and oxygen atoms in total. The quantitative estimate of drug-likeness (QED) is 0.502. The predicted octanol–water partition coefficient (Wildman–Crippen LogP) is 2.84. The summed E-state index contributed by atoms with van der Waals surface area (Å²) in [4.78, 5) is 24.2. The van der Waals surface area contributed by atoms with Crippen LogP contribution >= 0.6 is 0 Å². The van der Waals surface area contributed by atoms with Crippen molar-refractivity contribution < 1.29 is 28.5 Å². The molecule has 28 heavy (non-hydrogen) atoms. The Kier molecular flexibility index (Phi) is 12.2. The Morgan fingerprint density at radius 1 is 0.786 bits per heavy atom. The topological polar surface area (TPSA) is 74.3 Å². The summed E-state index contributed by atoms with van der Waals surface area (Å²) in [7, 11) is 0. The van der Waals surface area contributed by atoms with Crippen LogP contribution < -0.4 is 0 Å². The van der Waals surface area contributed by atoms with E-state index in [1.54, 1.807) is 13.8 Å². The number of carbonyl (C=O) groups excluding carboxylic acids is 2. The van der Waals surface area contributed by atoms with Crippen molar-refractivity contribution in [3.63, 3.8) is 0 Å². The number of hydrogen-bond donors (Lipinski definition) is 0. The molecule has 1 aromatic carbocycles. The van der Waals surface area contributed by atoms with E-state index in [9.17, 15) is 9.59 Å². The lowest BCUT2D eigenvalue weighted by atomic mass is 10.2. The Balaban J connectivity index is 2.51. The summed E-state index contributed by atoms with van der Waals surface area (Å²) < 4.78 is 18.9. The third-order valence-corrected chi connectivity index (χ3v) is 3.15. The second-order valence-corrected chi connectivity index (χ2v) is 5.28. The molecule has 0 atom stereocenters. The number of ether oxygens (including phenoxy) is 4. The molecule has 150 valence electrons. The van der Waals surface area contributed by atoms with Gasteiger partial charge in [0, 0.05) is 6.54 Å². The normalized spacial score (nSPS) is 9.39. The van der Waals surface area contributed by atoms with E-state index < -0.39 is 12.3 Å². The molecular weight excluding hydrogens is 362 g/mol. The second-order valence-electron chi connectivity index (χ2n) is 5.28. The van der Waals surface area contributed by atoms with Crippen LogP contribution in [-0.4, -0.2) is 56.7 Å². The summed E-state index contributed by atoms with van der Waals surface area (Å²) >= 11 is 0. The van der Waals surface area contributed by atoms with Crippen LogP contribution in [-0.2, 0) is 25.5 Å². The van der Waals surface area contributed by atoms with Crippen molar-refractivity contribution in [2.45, 2.75) is 20.4 Å². The van der Waals surface area contributed by atoms with E-state index in [2.05, 4.69) is 33.2 Å². The first kappa shape index (κ1) is 22.9. The lowest BCUT2D eigenvalue weighted by molar-refractivity contribution is 0.0676. The van der Waals surface area contributed by atoms with Gasteiger partial charge in [-0.25, -0.2) is 9.59 Å². The molecule has 0 unspecified atom stereocenters. The molecule has 0 aliphatic rings. The van der Waals surface area contributed by atoms with E-state index in [-0.39, 0.29) is 26.4 Å². The molecule has 0 aromatic heterocycles. The minimum atomic E-state index is -0.731. The van der Waals surface area contributed by atoms with Crippen molar-refractivity contribution in [1.82, 2.24) is 4.90 Å². The van der Waals surface area contributed by atoms with Crippen LogP contribution in [0, 0.1) is 23.7 Å². The molecule has 0 amide bonds. The Morgan fingerprint density at radius 3 is 1.75 bits per heavy atom.